The monoisotopic (exact) mass is 325 g/mol. The average molecular weight is 325 g/mol. The fraction of sp³-hybridized carbons (Fsp3) is 0.333. The third kappa shape index (κ3) is 1.82. The third-order valence-corrected chi connectivity index (χ3v) is 6.74. The molecule has 0 spiro atoms. The van der Waals surface area contributed by atoms with E-state index < -0.39 is 9.84 Å². The first-order valence-electron chi connectivity index (χ1n) is 6.19. The third-order valence-electron chi connectivity index (χ3n) is 3.67. The number of benzene rings is 1. The Hall–Kier alpha value is -1.25. The number of thiazole rings is 1. The van der Waals surface area contributed by atoms with Gasteiger partial charge in [-0.2, -0.15) is 0 Å². The van der Waals surface area contributed by atoms with E-state index in [0.29, 0.717) is 5.11 Å². The van der Waals surface area contributed by atoms with Gasteiger partial charge in [0.05, 0.1) is 33.8 Å². The molecule has 1 aromatic carbocycles. The van der Waals surface area contributed by atoms with Crippen LogP contribution in [-0.4, -0.2) is 42.1 Å². The van der Waals surface area contributed by atoms with Crippen molar-refractivity contribution >= 4 is 53.9 Å². The van der Waals surface area contributed by atoms with Crippen molar-refractivity contribution in [2.45, 2.75) is 12.1 Å². The maximum absolute atomic E-state index is 11.8. The molecule has 0 unspecified atom stereocenters. The molecular formula is C12H11N3O2S3. The Balaban J connectivity index is 1.78. The maximum Gasteiger partial charge on any atom is 0.193 e. The highest BCUT2D eigenvalue weighted by Gasteiger charge is 2.48. The molecule has 0 aliphatic carbocycles. The van der Waals surface area contributed by atoms with Gasteiger partial charge >= 0.3 is 0 Å². The topological polar surface area (TPSA) is 62.3 Å². The normalized spacial score (nSPS) is 27.8. The summed E-state index contributed by atoms with van der Waals surface area (Å²) < 4.78 is 24.6. The smallest absolute Gasteiger partial charge is 0.193 e. The van der Waals surface area contributed by atoms with Gasteiger partial charge in [-0.1, -0.05) is 23.5 Å². The highest BCUT2D eigenvalue weighted by Crippen LogP contribution is 2.34. The molecule has 0 radical (unpaired) electrons. The van der Waals surface area contributed by atoms with Gasteiger partial charge in [-0.15, -0.1) is 0 Å². The van der Waals surface area contributed by atoms with Gasteiger partial charge in [0.15, 0.2) is 20.1 Å². The second-order valence-electron chi connectivity index (χ2n) is 5.03. The minimum Gasteiger partial charge on any atom is -0.356 e. The van der Waals surface area contributed by atoms with Crippen LogP contribution in [-0.2, 0) is 9.84 Å². The van der Waals surface area contributed by atoms with Crippen LogP contribution in [0, 0.1) is 0 Å². The largest absolute Gasteiger partial charge is 0.356 e. The summed E-state index contributed by atoms with van der Waals surface area (Å²) in [5, 5.41) is 4.46. The minimum atomic E-state index is -2.99. The Kier molecular flexibility index (Phi) is 2.57. The second-order valence-corrected chi connectivity index (χ2v) is 8.58. The standard InChI is InChI=1S/C12H11N3O2S3/c16-20(17)5-8-9(6-20)15(11(18)13-8)12-14-7-3-1-2-4-10(7)19-12/h1-4,8-9H,5-6H2,(H,13,18)/t8-,9+/m1/s1. The summed E-state index contributed by atoms with van der Waals surface area (Å²) in [6, 6.07) is 7.62. The van der Waals surface area contributed by atoms with E-state index in [1.54, 1.807) is 0 Å². The molecule has 104 valence electrons. The number of anilines is 1. The van der Waals surface area contributed by atoms with E-state index in [9.17, 15) is 8.42 Å². The molecular weight excluding hydrogens is 314 g/mol. The van der Waals surface area contributed by atoms with E-state index in [-0.39, 0.29) is 23.6 Å². The number of hydrogen-bond donors (Lipinski definition) is 1. The molecule has 0 bridgehead atoms. The Morgan fingerprint density at radius 3 is 2.95 bits per heavy atom. The van der Waals surface area contributed by atoms with Crippen molar-refractivity contribution in [1.82, 2.24) is 10.3 Å². The first-order chi connectivity index (χ1) is 9.53. The summed E-state index contributed by atoms with van der Waals surface area (Å²) in [6.45, 7) is 0. The van der Waals surface area contributed by atoms with E-state index in [0.717, 1.165) is 15.3 Å². The van der Waals surface area contributed by atoms with Crippen molar-refractivity contribution < 1.29 is 8.42 Å². The zero-order valence-electron chi connectivity index (χ0n) is 10.3. The lowest BCUT2D eigenvalue weighted by molar-refractivity contribution is 0.600. The zero-order chi connectivity index (χ0) is 13.9. The fourth-order valence-corrected chi connectivity index (χ4v) is 6.14. The van der Waals surface area contributed by atoms with Crippen LogP contribution in [0.15, 0.2) is 24.3 Å². The number of thiocarbonyl (C=S) groups is 1. The molecule has 0 saturated carbocycles. The highest BCUT2D eigenvalue weighted by molar-refractivity contribution is 7.91. The Labute approximate surface area is 125 Å². The van der Waals surface area contributed by atoms with Gasteiger partial charge in [0.2, 0.25) is 0 Å². The van der Waals surface area contributed by atoms with Gasteiger partial charge < -0.3 is 5.32 Å². The number of aromatic nitrogens is 1. The molecule has 1 aromatic heterocycles. The molecule has 2 saturated heterocycles. The van der Waals surface area contributed by atoms with E-state index in [1.807, 2.05) is 29.2 Å². The van der Waals surface area contributed by atoms with Crippen molar-refractivity contribution in [2.24, 2.45) is 0 Å². The number of rotatable bonds is 1. The van der Waals surface area contributed by atoms with Crippen LogP contribution in [0.1, 0.15) is 0 Å². The number of fused-ring (bicyclic) bond motifs is 2. The molecule has 20 heavy (non-hydrogen) atoms. The molecule has 2 aliphatic heterocycles. The van der Waals surface area contributed by atoms with Crippen LogP contribution in [0.4, 0.5) is 5.13 Å². The number of para-hydroxylation sites is 1. The van der Waals surface area contributed by atoms with Gasteiger partial charge in [-0.25, -0.2) is 13.4 Å². The van der Waals surface area contributed by atoms with Gasteiger partial charge in [0.25, 0.3) is 0 Å². The molecule has 0 amide bonds. The van der Waals surface area contributed by atoms with Gasteiger partial charge in [0, 0.05) is 0 Å². The van der Waals surface area contributed by atoms with Gasteiger partial charge in [-0.05, 0) is 24.4 Å². The average Bonchev–Trinajstić information content (AvgIpc) is 2.97. The lowest BCUT2D eigenvalue weighted by atomic mass is 10.2. The summed E-state index contributed by atoms with van der Waals surface area (Å²) >= 11 is 6.88. The summed E-state index contributed by atoms with van der Waals surface area (Å²) in [5.74, 6) is 0.292. The highest BCUT2D eigenvalue weighted by atomic mass is 32.2. The molecule has 8 heteroatoms. The molecule has 2 aromatic rings. The van der Waals surface area contributed by atoms with E-state index in [2.05, 4.69) is 10.3 Å². The molecule has 2 atom stereocenters. The first-order valence-corrected chi connectivity index (χ1v) is 9.24. The predicted octanol–water partition coefficient (Wildman–Crippen LogP) is 1.16. The number of nitrogens with zero attached hydrogens (tertiary/aromatic N) is 2. The molecule has 2 fully saturated rings. The predicted molar refractivity (Wildman–Crippen MR) is 84.1 cm³/mol. The van der Waals surface area contributed by atoms with E-state index >= 15 is 0 Å². The number of nitrogens with one attached hydrogen (secondary N) is 1. The van der Waals surface area contributed by atoms with Crippen LogP contribution in [0.5, 0.6) is 0 Å². The number of sulfone groups is 1. The SMILES string of the molecule is O=S1(=O)C[C@H]2NC(=S)N(c3nc4ccccc4s3)[C@H]2C1. The summed E-state index contributed by atoms with van der Waals surface area (Å²) in [7, 11) is -2.99. The van der Waals surface area contributed by atoms with Crippen LogP contribution in [0.25, 0.3) is 10.2 Å². The van der Waals surface area contributed by atoms with Crippen molar-refractivity contribution in [3.63, 3.8) is 0 Å². The van der Waals surface area contributed by atoms with Gasteiger partial charge in [0.1, 0.15) is 0 Å². The van der Waals surface area contributed by atoms with Crippen molar-refractivity contribution in [1.29, 1.82) is 0 Å². The van der Waals surface area contributed by atoms with Crippen LogP contribution in [0.3, 0.4) is 0 Å². The molecule has 3 heterocycles. The Morgan fingerprint density at radius 2 is 2.15 bits per heavy atom. The fourth-order valence-electron chi connectivity index (χ4n) is 2.79. The van der Waals surface area contributed by atoms with Gasteiger partial charge in [-0.3, -0.25) is 4.90 Å². The van der Waals surface area contributed by atoms with Crippen LogP contribution in [0.2, 0.25) is 0 Å². The first kappa shape index (κ1) is 12.5. The molecule has 1 N–H and O–H groups in total. The van der Waals surface area contributed by atoms with Crippen LogP contribution < -0.4 is 10.2 Å². The number of hydrogen-bond acceptors (Lipinski definition) is 5. The molecule has 5 nitrogen and oxygen atoms in total. The summed E-state index contributed by atoms with van der Waals surface area (Å²) in [4.78, 5) is 6.45. The van der Waals surface area contributed by atoms with Crippen LogP contribution >= 0.6 is 23.6 Å². The second kappa shape index (κ2) is 4.12. The van der Waals surface area contributed by atoms with Crippen molar-refractivity contribution in [3.8, 4) is 0 Å². The maximum atomic E-state index is 11.8. The quantitative estimate of drug-likeness (QED) is 0.794. The van der Waals surface area contributed by atoms with Crippen molar-refractivity contribution in [3.05, 3.63) is 24.3 Å². The summed E-state index contributed by atoms with van der Waals surface area (Å²) in [6.07, 6.45) is 0. The Bertz CT molecular complexity index is 781. The minimum absolute atomic E-state index is 0.112. The van der Waals surface area contributed by atoms with E-state index in [4.69, 9.17) is 12.2 Å². The lowest BCUT2D eigenvalue weighted by Gasteiger charge is -2.19. The zero-order valence-corrected chi connectivity index (χ0v) is 12.8. The molecule has 4 rings (SSSR count). The Morgan fingerprint density at radius 1 is 1.35 bits per heavy atom. The summed E-state index contributed by atoms with van der Waals surface area (Å²) in [5.41, 5.74) is 0.916. The van der Waals surface area contributed by atoms with E-state index in [1.165, 1.54) is 11.3 Å². The lowest BCUT2D eigenvalue weighted by Crippen LogP contribution is -2.36. The van der Waals surface area contributed by atoms with Crippen molar-refractivity contribution in [2.75, 3.05) is 16.4 Å². The molecule has 2 aliphatic rings.